The number of benzene rings is 1. The second-order valence-corrected chi connectivity index (χ2v) is 3.11. The monoisotopic (exact) mass is 204 g/mol. The van der Waals surface area contributed by atoms with Crippen LogP contribution in [0.1, 0.15) is 5.56 Å². The Labute approximate surface area is 87.6 Å². The van der Waals surface area contributed by atoms with E-state index >= 15 is 0 Å². The van der Waals surface area contributed by atoms with Crippen molar-refractivity contribution in [1.29, 1.82) is 0 Å². The van der Waals surface area contributed by atoms with Gasteiger partial charge in [0.05, 0.1) is 13.3 Å². The van der Waals surface area contributed by atoms with Gasteiger partial charge in [0.25, 0.3) is 0 Å². The molecule has 78 valence electrons. The third-order valence-electron chi connectivity index (χ3n) is 2.22. The molecule has 0 unspecified atom stereocenters. The second kappa shape index (κ2) is 4.14. The van der Waals surface area contributed by atoms with E-state index in [-0.39, 0.29) is 0 Å². The molecule has 0 aliphatic rings. The summed E-state index contributed by atoms with van der Waals surface area (Å²) in [4.78, 5) is 0. The lowest BCUT2D eigenvalue weighted by molar-refractivity contribution is 0.414. The van der Waals surface area contributed by atoms with Gasteiger partial charge in [-0.15, -0.1) is 0 Å². The number of rotatable bonds is 3. The van der Waals surface area contributed by atoms with Crippen molar-refractivity contribution in [2.24, 2.45) is 5.73 Å². The molecule has 0 saturated carbocycles. The maximum Gasteiger partial charge on any atom is 0.171 e. The van der Waals surface area contributed by atoms with Crippen molar-refractivity contribution in [3.63, 3.8) is 0 Å². The van der Waals surface area contributed by atoms with E-state index in [2.05, 4.69) is 5.16 Å². The Morgan fingerprint density at radius 3 is 2.67 bits per heavy atom. The Balaban J connectivity index is 2.37. The standard InChI is InChI=1S/C11H12N2O2/c1-14-10-4-2-8(3-5-10)11-9(6-12)7-13-15-11/h2-5,7H,6,12H2,1H3. The van der Waals surface area contributed by atoms with Gasteiger partial charge in [0.15, 0.2) is 5.76 Å². The van der Waals surface area contributed by atoms with Crippen molar-refractivity contribution in [2.45, 2.75) is 6.54 Å². The minimum Gasteiger partial charge on any atom is -0.497 e. The third-order valence-corrected chi connectivity index (χ3v) is 2.22. The summed E-state index contributed by atoms with van der Waals surface area (Å²) in [5.74, 6) is 1.53. The molecule has 2 rings (SSSR count). The van der Waals surface area contributed by atoms with Gasteiger partial charge in [0.2, 0.25) is 0 Å². The molecule has 2 aromatic rings. The smallest absolute Gasteiger partial charge is 0.171 e. The van der Waals surface area contributed by atoms with E-state index < -0.39 is 0 Å². The average molecular weight is 204 g/mol. The van der Waals surface area contributed by atoms with Crippen molar-refractivity contribution >= 4 is 0 Å². The first-order chi connectivity index (χ1) is 7.35. The van der Waals surface area contributed by atoms with Crippen LogP contribution in [0.4, 0.5) is 0 Å². The van der Waals surface area contributed by atoms with Crippen LogP contribution in [-0.2, 0) is 6.54 Å². The van der Waals surface area contributed by atoms with Crippen LogP contribution in [0.5, 0.6) is 5.75 Å². The van der Waals surface area contributed by atoms with E-state index in [0.717, 1.165) is 22.6 Å². The van der Waals surface area contributed by atoms with E-state index in [9.17, 15) is 0 Å². The molecule has 0 spiro atoms. The molecule has 0 amide bonds. The Morgan fingerprint density at radius 2 is 2.07 bits per heavy atom. The molecule has 1 aromatic carbocycles. The molecule has 4 nitrogen and oxygen atoms in total. The molecule has 0 aliphatic carbocycles. The van der Waals surface area contributed by atoms with Gasteiger partial charge in [0.1, 0.15) is 5.75 Å². The number of hydrogen-bond acceptors (Lipinski definition) is 4. The highest BCUT2D eigenvalue weighted by Crippen LogP contribution is 2.25. The van der Waals surface area contributed by atoms with Crippen LogP contribution in [0.2, 0.25) is 0 Å². The van der Waals surface area contributed by atoms with Gasteiger partial charge in [-0.3, -0.25) is 0 Å². The van der Waals surface area contributed by atoms with Gasteiger partial charge >= 0.3 is 0 Å². The highest BCUT2D eigenvalue weighted by atomic mass is 16.5. The van der Waals surface area contributed by atoms with E-state index in [1.165, 1.54) is 0 Å². The average Bonchev–Trinajstić information content (AvgIpc) is 2.77. The van der Waals surface area contributed by atoms with E-state index in [1.54, 1.807) is 13.3 Å². The van der Waals surface area contributed by atoms with Gasteiger partial charge < -0.3 is 15.0 Å². The number of ether oxygens (including phenoxy) is 1. The fraction of sp³-hybridized carbons (Fsp3) is 0.182. The first-order valence-electron chi connectivity index (χ1n) is 4.63. The van der Waals surface area contributed by atoms with Crippen molar-refractivity contribution < 1.29 is 9.26 Å². The molecule has 0 aliphatic heterocycles. The van der Waals surface area contributed by atoms with E-state index in [4.69, 9.17) is 15.0 Å². The van der Waals surface area contributed by atoms with Crippen LogP contribution in [0.15, 0.2) is 35.0 Å². The summed E-state index contributed by atoms with van der Waals surface area (Å²) in [5.41, 5.74) is 7.42. The predicted octanol–water partition coefficient (Wildman–Crippen LogP) is 1.81. The number of hydrogen-bond donors (Lipinski definition) is 1. The summed E-state index contributed by atoms with van der Waals surface area (Å²) in [6, 6.07) is 7.58. The largest absolute Gasteiger partial charge is 0.497 e. The van der Waals surface area contributed by atoms with Crippen molar-refractivity contribution in [3.05, 3.63) is 36.0 Å². The van der Waals surface area contributed by atoms with E-state index in [1.807, 2.05) is 24.3 Å². The van der Waals surface area contributed by atoms with Crippen molar-refractivity contribution in [3.8, 4) is 17.1 Å². The maximum atomic E-state index is 5.56. The summed E-state index contributed by atoms with van der Waals surface area (Å²) in [5, 5.41) is 3.73. The quantitative estimate of drug-likeness (QED) is 0.828. The molecule has 15 heavy (non-hydrogen) atoms. The van der Waals surface area contributed by atoms with Crippen LogP contribution >= 0.6 is 0 Å². The van der Waals surface area contributed by atoms with Crippen LogP contribution in [0.3, 0.4) is 0 Å². The lowest BCUT2D eigenvalue weighted by Crippen LogP contribution is -1.95. The van der Waals surface area contributed by atoms with Crippen LogP contribution < -0.4 is 10.5 Å². The fourth-order valence-corrected chi connectivity index (χ4v) is 1.39. The van der Waals surface area contributed by atoms with Gasteiger partial charge in [0, 0.05) is 17.7 Å². The molecule has 0 saturated heterocycles. The zero-order chi connectivity index (χ0) is 10.7. The zero-order valence-corrected chi connectivity index (χ0v) is 8.43. The SMILES string of the molecule is COc1ccc(-c2oncc2CN)cc1. The number of methoxy groups -OCH3 is 1. The molecular formula is C11H12N2O2. The lowest BCUT2D eigenvalue weighted by Gasteiger charge is -2.01. The maximum absolute atomic E-state index is 5.56. The Morgan fingerprint density at radius 1 is 1.33 bits per heavy atom. The third kappa shape index (κ3) is 1.85. The number of nitrogens with zero attached hydrogens (tertiary/aromatic N) is 1. The fourth-order valence-electron chi connectivity index (χ4n) is 1.39. The molecule has 0 fully saturated rings. The summed E-state index contributed by atoms with van der Waals surface area (Å²) in [6.45, 7) is 0.421. The normalized spacial score (nSPS) is 10.3. The van der Waals surface area contributed by atoms with Crippen LogP contribution in [0.25, 0.3) is 11.3 Å². The van der Waals surface area contributed by atoms with Gasteiger partial charge in [-0.2, -0.15) is 0 Å². The van der Waals surface area contributed by atoms with Crippen molar-refractivity contribution in [1.82, 2.24) is 5.16 Å². The molecule has 1 heterocycles. The number of nitrogens with two attached hydrogens (primary N) is 1. The van der Waals surface area contributed by atoms with Gasteiger partial charge in [-0.25, -0.2) is 0 Å². The topological polar surface area (TPSA) is 61.3 Å². The van der Waals surface area contributed by atoms with Crippen LogP contribution in [0, 0.1) is 0 Å². The van der Waals surface area contributed by atoms with Crippen molar-refractivity contribution in [2.75, 3.05) is 7.11 Å². The van der Waals surface area contributed by atoms with Gasteiger partial charge in [-0.05, 0) is 24.3 Å². The Hall–Kier alpha value is -1.81. The first kappa shape index (κ1) is 9.73. The summed E-state index contributed by atoms with van der Waals surface area (Å²) in [7, 11) is 1.63. The molecule has 1 aromatic heterocycles. The lowest BCUT2D eigenvalue weighted by atomic mass is 10.1. The Bertz CT molecular complexity index is 434. The highest BCUT2D eigenvalue weighted by Gasteiger charge is 2.08. The summed E-state index contributed by atoms with van der Waals surface area (Å²) < 4.78 is 10.2. The van der Waals surface area contributed by atoms with Gasteiger partial charge in [-0.1, -0.05) is 5.16 Å². The van der Waals surface area contributed by atoms with Crippen LogP contribution in [-0.4, -0.2) is 12.3 Å². The second-order valence-electron chi connectivity index (χ2n) is 3.11. The molecule has 0 radical (unpaired) electrons. The first-order valence-corrected chi connectivity index (χ1v) is 4.63. The molecule has 2 N–H and O–H groups in total. The van der Waals surface area contributed by atoms with E-state index in [0.29, 0.717) is 6.54 Å². The molecule has 0 bridgehead atoms. The predicted molar refractivity (Wildman–Crippen MR) is 56.4 cm³/mol. The molecule has 4 heteroatoms. The Kier molecular flexibility index (Phi) is 2.69. The number of aromatic nitrogens is 1. The summed E-state index contributed by atoms with van der Waals surface area (Å²) in [6.07, 6.45) is 1.64. The zero-order valence-electron chi connectivity index (χ0n) is 8.43. The minimum absolute atomic E-state index is 0.421. The molecular weight excluding hydrogens is 192 g/mol. The summed E-state index contributed by atoms with van der Waals surface area (Å²) >= 11 is 0. The highest BCUT2D eigenvalue weighted by molar-refractivity contribution is 5.61. The molecule has 0 atom stereocenters. The minimum atomic E-state index is 0.421.